The number of likely N-dealkylation sites (tertiary alicyclic amines) is 1. The molecule has 7 nitrogen and oxygen atoms in total. The van der Waals surface area contributed by atoms with Crippen molar-refractivity contribution < 1.29 is 18.3 Å². The zero-order chi connectivity index (χ0) is 24.8. The van der Waals surface area contributed by atoms with E-state index in [1.54, 1.807) is 24.3 Å². The van der Waals surface area contributed by atoms with E-state index >= 15 is 0 Å². The Kier molecular flexibility index (Phi) is 8.09. The van der Waals surface area contributed by atoms with Crippen LogP contribution in [-0.2, 0) is 4.79 Å². The van der Waals surface area contributed by atoms with Crippen LogP contribution >= 0.6 is 11.6 Å². The minimum Gasteiger partial charge on any atom is -0.494 e. The van der Waals surface area contributed by atoms with Crippen molar-refractivity contribution in [1.29, 1.82) is 0 Å². The molecule has 35 heavy (non-hydrogen) atoms. The number of aromatic nitrogens is 2. The Labute approximate surface area is 207 Å². The van der Waals surface area contributed by atoms with Gasteiger partial charge in [0.25, 0.3) is 0 Å². The molecule has 1 aliphatic heterocycles. The predicted molar refractivity (Wildman–Crippen MR) is 134 cm³/mol. The van der Waals surface area contributed by atoms with Crippen LogP contribution in [0.15, 0.2) is 48.8 Å². The van der Waals surface area contributed by atoms with Gasteiger partial charge in [-0.05, 0) is 56.1 Å². The van der Waals surface area contributed by atoms with Gasteiger partial charge < -0.3 is 20.3 Å². The average molecular weight is 502 g/mol. The second-order valence-corrected chi connectivity index (χ2v) is 8.67. The maximum Gasteiger partial charge on any atom is 0.248 e. The Morgan fingerprint density at radius 2 is 2.17 bits per heavy atom. The van der Waals surface area contributed by atoms with Gasteiger partial charge in [-0.3, -0.25) is 4.79 Å². The molecule has 2 heterocycles. The summed E-state index contributed by atoms with van der Waals surface area (Å²) in [5.41, 5.74) is 1.59. The number of rotatable bonds is 8. The lowest BCUT2D eigenvalue weighted by Gasteiger charge is -2.28. The molecular weight excluding hydrogens is 476 g/mol. The van der Waals surface area contributed by atoms with E-state index in [1.807, 2.05) is 0 Å². The first-order valence-electron chi connectivity index (χ1n) is 11.3. The van der Waals surface area contributed by atoms with Gasteiger partial charge in [0.15, 0.2) is 0 Å². The lowest BCUT2D eigenvalue weighted by atomic mass is 10.1. The first-order valence-corrected chi connectivity index (χ1v) is 11.7. The number of piperidine rings is 1. The van der Waals surface area contributed by atoms with Gasteiger partial charge in [0.05, 0.1) is 23.3 Å². The van der Waals surface area contributed by atoms with Crippen LogP contribution in [0.4, 0.5) is 26.0 Å². The lowest BCUT2D eigenvalue weighted by Crippen LogP contribution is -2.36. The van der Waals surface area contributed by atoms with E-state index in [2.05, 4.69) is 25.5 Å². The highest BCUT2D eigenvalue weighted by atomic mass is 35.5. The molecule has 0 radical (unpaired) electrons. The fraction of sp³-hybridized carbons (Fsp3) is 0.320. The molecule has 2 N–H and O–H groups in total. The number of carbonyl (C=O) groups excluding carboxylic acids is 1. The Morgan fingerprint density at radius 3 is 2.94 bits per heavy atom. The monoisotopic (exact) mass is 501 g/mol. The van der Waals surface area contributed by atoms with E-state index in [0.717, 1.165) is 13.0 Å². The number of nitrogens with zero attached hydrogens (tertiary/aromatic N) is 3. The van der Waals surface area contributed by atoms with E-state index in [0.29, 0.717) is 59.8 Å². The van der Waals surface area contributed by atoms with E-state index in [-0.39, 0.29) is 10.9 Å². The van der Waals surface area contributed by atoms with Crippen LogP contribution < -0.4 is 15.4 Å². The van der Waals surface area contributed by atoms with Crippen molar-refractivity contribution in [1.82, 2.24) is 14.9 Å². The van der Waals surface area contributed by atoms with Crippen LogP contribution in [0.3, 0.4) is 0 Å². The summed E-state index contributed by atoms with van der Waals surface area (Å²) in [6.07, 6.45) is 6.01. The average Bonchev–Trinajstić information content (AvgIpc) is 2.84. The van der Waals surface area contributed by atoms with Crippen molar-refractivity contribution in [3.05, 3.63) is 59.7 Å². The minimum atomic E-state index is -0.764. The molecule has 0 spiro atoms. The predicted octanol–water partition coefficient (Wildman–Crippen LogP) is 5.49. The van der Waals surface area contributed by atoms with Crippen LogP contribution in [-0.4, -0.2) is 53.7 Å². The molecule has 10 heteroatoms. The summed E-state index contributed by atoms with van der Waals surface area (Å²) in [7, 11) is 1.50. The van der Waals surface area contributed by atoms with Gasteiger partial charge in [0.2, 0.25) is 5.91 Å². The second kappa shape index (κ2) is 11.4. The molecular formula is C25H26ClF2N5O2. The number of nitrogens with one attached hydrogen (secondary N) is 2. The smallest absolute Gasteiger partial charge is 0.248 e. The number of ether oxygens (including phenoxy) is 1. The highest BCUT2D eigenvalue weighted by molar-refractivity contribution is 6.31. The van der Waals surface area contributed by atoms with Gasteiger partial charge in [0.1, 0.15) is 29.9 Å². The molecule has 1 amide bonds. The lowest BCUT2D eigenvalue weighted by molar-refractivity contribution is -0.111. The SMILES string of the molecule is COc1cc2ncnc(Nc3ccc(F)c(Cl)c3)c2cc1NC(=O)C=CCCN1CCCC(F)C1. The molecule has 0 saturated carbocycles. The van der Waals surface area contributed by atoms with Crippen LogP contribution in [0, 0.1) is 5.82 Å². The largest absolute Gasteiger partial charge is 0.494 e. The Hall–Kier alpha value is -3.30. The topological polar surface area (TPSA) is 79.4 Å². The van der Waals surface area contributed by atoms with Crippen molar-refractivity contribution >= 4 is 45.6 Å². The van der Waals surface area contributed by atoms with E-state index < -0.39 is 12.0 Å². The standard InChI is InChI=1S/C25H26ClF2N5O2/c1-35-23-13-21-18(25(30-15-29-21)31-17-7-8-20(28)19(26)11-17)12-22(23)32-24(34)6-2-3-9-33-10-4-5-16(27)14-33/h2,6-8,11-13,15-16H,3-5,9-10,14H2,1H3,(H,32,34)(H,29,30,31). The summed E-state index contributed by atoms with van der Waals surface area (Å²) in [4.78, 5) is 23.2. The number of hydrogen-bond donors (Lipinski definition) is 2. The summed E-state index contributed by atoms with van der Waals surface area (Å²) in [5.74, 6) is 0.0616. The summed E-state index contributed by atoms with van der Waals surface area (Å²) in [6.45, 7) is 2.05. The van der Waals surface area contributed by atoms with Gasteiger partial charge in [-0.1, -0.05) is 17.7 Å². The zero-order valence-electron chi connectivity index (χ0n) is 19.2. The second-order valence-electron chi connectivity index (χ2n) is 8.27. The van der Waals surface area contributed by atoms with E-state index in [4.69, 9.17) is 16.3 Å². The molecule has 1 fully saturated rings. The molecule has 184 valence electrons. The Bertz CT molecular complexity index is 1240. The molecule has 0 aliphatic carbocycles. The third-order valence-electron chi connectivity index (χ3n) is 5.73. The van der Waals surface area contributed by atoms with Crippen molar-refractivity contribution in [2.45, 2.75) is 25.4 Å². The van der Waals surface area contributed by atoms with Gasteiger partial charge in [0, 0.05) is 30.2 Å². The van der Waals surface area contributed by atoms with Gasteiger partial charge in [-0.2, -0.15) is 0 Å². The minimum absolute atomic E-state index is 0.0143. The summed E-state index contributed by atoms with van der Waals surface area (Å²) in [5, 5.41) is 6.55. The maximum atomic E-state index is 13.5. The number of hydrogen-bond acceptors (Lipinski definition) is 6. The molecule has 1 saturated heterocycles. The maximum absolute atomic E-state index is 13.5. The number of alkyl halides is 1. The fourth-order valence-electron chi connectivity index (χ4n) is 3.98. The van der Waals surface area contributed by atoms with Crippen molar-refractivity contribution in [3.8, 4) is 5.75 Å². The van der Waals surface area contributed by atoms with E-state index in [1.165, 1.54) is 31.6 Å². The van der Waals surface area contributed by atoms with Crippen LogP contribution in [0.25, 0.3) is 10.9 Å². The molecule has 3 aromatic rings. The fourth-order valence-corrected chi connectivity index (χ4v) is 4.17. The first kappa shape index (κ1) is 24.8. The molecule has 1 aromatic heterocycles. The molecule has 4 rings (SSSR count). The summed E-state index contributed by atoms with van der Waals surface area (Å²) in [6, 6.07) is 7.67. The molecule has 2 aromatic carbocycles. The molecule has 1 atom stereocenters. The number of anilines is 3. The van der Waals surface area contributed by atoms with Crippen molar-refractivity contribution in [2.24, 2.45) is 0 Å². The number of benzene rings is 2. The van der Waals surface area contributed by atoms with E-state index in [9.17, 15) is 13.6 Å². The van der Waals surface area contributed by atoms with Gasteiger partial charge in [-0.25, -0.2) is 18.7 Å². The highest BCUT2D eigenvalue weighted by Gasteiger charge is 2.18. The number of fused-ring (bicyclic) bond motifs is 1. The number of carbonyl (C=O) groups is 1. The van der Waals surface area contributed by atoms with Crippen molar-refractivity contribution in [2.75, 3.05) is 37.4 Å². The molecule has 1 aliphatic rings. The van der Waals surface area contributed by atoms with Gasteiger partial charge >= 0.3 is 0 Å². The van der Waals surface area contributed by atoms with Crippen LogP contribution in [0.1, 0.15) is 19.3 Å². The quantitative estimate of drug-likeness (QED) is 0.397. The zero-order valence-corrected chi connectivity index (χ0v) is 20.0. The van der Waals surface area contributed by atoms with Crippen LogP contribution in [0.5, 0.6) is 5.75 Å². The molecule has 0 bridgehead atoms. The summed E-state index contributed by atoms with van der Waals surface area (Å²) >= 11 is 5.89. The third kappa shape index (κ3) is 6.43. The Morgan fingerprint density at radius 1 is 1.31 bits per heavy atom. The highest BCUT2D eigenvalue weighted by Crippen LogP contribution is 2.33. The molecule has 1 unspecified atom stereocenters. The van der Waals surface area contributed by atoms with Crippen LogP contribution in [0.2, 0.25) is 5.02 Å². The normalized spacial score (nSPS) is 16.5. The number of methoxy groups -OCH3 is 1. The number of amides is 1. The first-order chi connectivity index (χ1) is 16.9. The Balaban J connectivity index is 1.48. The third-order valence-corrected chi connectivity index (χ3v) is 6.02. The number of halogens is 3. The summed E-state index contributed by atoms with van der Waals surface area (Å²) < 4.78 is 32.5. The van der Waals surface area contributed by atoms with Crippen molar-refractivity contribution in [3.63, 3.8) is 0 Å². The van der Waals surface area contributed by atoms with Gasteiger partial charge in [-0.15, -0.1) is 0 Å².